The normalized spacial score (nSPS) is 20.7. The maximum atomic E-state index is 11.0. The minimum atomic E-state index is -0.701. The van der Waals surface area contributed by atoms with Gasteiger partial charge in [0.2, 0.25) is 0 Å². The molecule has 1 fully saturated rings. The Morgan fingerprint density at radius 3 is 2.79 bits per heavy atom. The van der Waals surface area contributed by atoms with Crippen LogP contribution >= 0.6 is 0 Å². The smallest absolute Gasteiger partial charge is 0.306 e. The molecule has 1 aromatic heterocycles. The van der Waals surface area contributed by atoms with E-state index >= 15 is 0 Å². The predicted octanol–water partition coefficient (Wildman–Crippen LogP) is 2.13. The van der Waals surface area contributed by atoms with Crippen molar-refractivity contribution >= 4 is 5.97 Å². The first-order valence-electron chi connectivity index (χ1n) is 8.16. The Labute approximate surface area is 139 Å². The molecule has 24 heavy (non-hydrogen) atoms. The lowest BCUT2D eigenvalue weighted by Crippen LogP contribution is -2.23. The maximum absolute atomic E-state index is 11.0. The van der Waals surface area contributed by atoms with E-state index in [-0.39, 0.29) is 25.2 Å². The number of aliphatic carboxylic acids is 1. The van der Waals surface area contributed by atoms with Crippen LogP contribution in [0.5, 0.6) is 5.75 Å². The number of carbonyl (C=O) groups is 1. The molecule has 0 unspecified atom stereocenters. The fourth-order valence-corrected chi connectivity index (χ4v) is 3.08. The Morgan fingerprint density at radius 2 is 2.08 bits per heavy atom. The average Bonchev–Trinajstić information content (AvgIpc) is 3.10. The van der Waals surface area contributed by atoms with Crippen LogP contribution in [0.25, 0.3) is 11.3 Å². The van der Waals surface area contributed by atoms with Crippen LogP contribution in [-0.4, -0.2) is 44.4 Å². The van der Waals surface area contributed by atoms with Crippen LogP contribution in [0.3, 0.4) is 0 Å². The van der Waals surface area contributed by atoms with Gasteiger partial charge in [0.15, 0.2) is 0 Å². The highest BCUT2D eigenvalue weighted by Crippen LogP contribution is 2.32. The summed E-state index contributed by atoms with van der Waals surface area (Å²) in [7, 11) is 0. The molecular weight excluding hydrogens is 310 g/mol. The third kappa shape index (κ3) is 3.73. The Morgan fingerprint density at radius 1 is 1.29 bits per heavy atom. The summed E-state index contributed by atoms with van der Waals surface area (Å²) >= 11 is 0. The molecule has 2 N–H and O–H groups in total. The monoisotopic (exact) mass is 331 g/mol. The van der Waals surface area contributed by atoms with Crippen molar-refractivity contribution in [3.8, 4) is 17.0 Å². The number of hydrogen-bond acceptors (Lipinski definition) is 5. The van der Waals surface area contributed by atoms with Crippen molar-refractivity contribution in [3.05, 3.63) is 30.5 Å². The number of hydrogen-bond donors (Lipinski definition) is 2. The number of aromatic nitrogens is 3. The van der Waals surface area contributed by atoms with E-state index in [1.54, 1.807) is 0 Å². The number of aliphatic hydroxyl groups is 1. The van der Waals surface area contributed by atoms with E-state index < -0.39 is 5.97 Å². The molecule has 2 aromatic rings. The molecule has 3 rings (SSSR count). The van der Waals surface area contributed by atoms with Gasteiger partial charge in [-0.25, -0.2) is 4.68 Å². The molecule has 0 aliphatic heterocycles. The molecule has 0 amide bonds. The largest absolute Gasteiger partial charge is 0.491 e. The van der Waals surface area contributed by atoms with Crippen LogP contribution in [0, 0.1) is 5.92 Å². The molecular formula is C17H21N3O4. The van der Waals surface area contributed by atoms with Crippen LogP contribution in [0.4, 0.5) is 0 Å². The summed E-state index contributed by atoms with van der Waals surface area (Å²) in [5.74, 6) is -0.255. The third-order valence-corrected chi connectivity index (χ3v) is 4.42. The zero-order valence-corrected chi connectivity index (χ0v) is 13.3. The lowest BCUT2D eigenvalue weighted by Gasteiger charge is -2.25. The van der Waals surface area contributed by atoms with Crippen molar-refractivity contribution in [3.63, 3.8) is 0 Å². The second kappa shape index (κ2) is 7.44. The SMILES string of the molecule is O=C(O)C1CCC(n2cc(-c3cccc(OCCO)c3)nn2)CC1. The molecule has 1 heterocycles. The zero-order valence-electron chi connectivity index (χ0n) is 13.3. The van der Waals surface area contributed by atoms with Crippen LogP contribution in [0.15, 0.2) is 30.5 Å². The average molecular weight is 331 g/mol. The third-order valence-electron chi connectivity index (χ3n) is 4.42. The molecule has 1 aliphatic carbocycles. The fraction of sp³-hybridized carbons (Fsp3) is 0.471. The van der Waals surface area contributed by atoms with Gasteiger partial charge in [0.25, 0.3) is 0 Å². The Balaban J connectivity index is 1.69. The molecule has 0 atom stereocenters. The van der Waals surface area contributed by atoms with Gasteiger partial charge in [-0.05, 0) is 37.8 Å². The van der Waals surface area contributed by atoms with Gasteiger partial charge in [0, 0.05) is 5.56 Å². The van der Waals surface area contributed by atoms with Gasteiger partial charge in [-0.15, -0.1) is 5.10 Å². The first kappa shape index (κ1) is 16.4. The predicted molar refractivity (Wildman–Crippen MR) is 86.7 cm³/mol. The van der Waals surface area contributed by atoms with Crippen LogP contribution in [-0.2, 0) is 4.79 Å². The van der Waals surface area contributed by atoms with Crippen LogP contribution < -0.4 is 4.74 Å². The second-order valence-corrected chi connectivity index (χ2v) is 6.03. The highest BCUT2D eigenvalue weighted by atomic mass is 16.5. The first-order chi connectivity index (χ1) is 11.7. The summed E-state index contributed by atoms with van der Waals surface area (Å²) in [5.41, 5.74) is 1.65. The summed E-state index contributed by atoms with van der Waals surface area (Å²) in [6.45, 7) is 0.225. The van der Waals surface area contributed by atoms with E-state index in [2.05, 4.69) is 10.3 Å². The summed E-state index contributed by atoms with van der Waals surface area (Å²) in [6, 6.07) is 7.71. The summed E-state index contributed by atoms with van der Waals surface area (Å²) in [4.78, 5) is 11.0. The topological polar surface area (TPSA) is 97.5 Å². The standard InChI is InChI=1S/C17H21N3O4/c21-8-9-24-15-3-1-2-13(10-15)16-11-20(19-18-16)14-6-4-12(5-7-14)17(22)23/h1-3,10-12,14,21H,4-9H2,(H,22,23). The quantitative estimate of drug-likeness (QED) is 0.841. The van der Waals surface area contributed by atoms with E-state index in [1.807, 2.05) is 35.1 Å². The molecule has 1 saturated carbocycles. The minimum absolute atomic E-state index is 0.0283. The number of carboxylic acids is 1. The fourth-order valence-electron chi connectivity index (χ4n) is 3.08. The Bertz CT molecular complexity index is 693. The molecule has 1 aliphatic rings. The van der Waals surface area contributed by atoms with Crippen molar-refractivity contribution in [1.29, 1.82) is 0 Å². The second-order valence-electron chi connectivity index (χ2n) is 6.03. The highest BCUT2D eigenvalue weighted by molar-refractivity contribution is 5.70. The summed E-state index contributed by atoms with van der Waals surface area (Å²) in [5, 5.41) is 26.3. The zero-order chi connectivity index (χ0) is 16.9. The van der Waals surface area contributed by atoms with Gasteiger partial charge in [-0.1, -0.05) is 17.3 Å². The molecule has 7 heteroatoms. The van der Waals surface area contributed by atoms with E-state index in [0.717, 1.165) is 24.1 Å². The van der Waals surface area contributed by atoms with Gasteiger partial charge in [-0.2, -0.15) is 0 Å². The molecule has 7 nitrogen and oxygen atoms in total. The van der Waals surface area contributed by atoms with Crippen molar-refractivity contribution in [1.82, 2.24) is 15.0 Å². The molecule has 0 saturated heterocycles. The molecule has 0 bridgehead atoms. The lowest BCUT2D eigenvalue weighted by molar-refractivity contribution is -0.143. The number of ether oxygens (including phenoxy) is 1. The first-order valence-corrected chi connectivity index (χ1v) is 8.16. The van der Waals surface area contributed by atoms with E-state index in [9.17, 15) is 4.79 Å². The summed E-state index contributed by atoms with van der Waals surface area (Å²) < 4.78 is 7.26. The Hall–Kier alpha value is -2.41. The minimum Gasteiger partial charge on any atom is -0.491 e. The van der Waals surface area contributed by atoms with Gasteiger partial charge in [-0.3, -0.25) is 4.79 Å². The maximum Gasteiger partial charge on any atom is 0.306 e. The molecule has 1 aromatic carbocycles. The number of carboxylic acid groups (broad SMARTS) is 1. The van der Waals surface area contributed by atoms with Crippen molar-refractivity contribution in [2.75, 3.05) is 13.2 Å². The van der Waals surface area contributed by atoms with Crippen LogP contribution in [0.1, 0.15) is 31.7 Å². The molecule has 0 spiro atoms. The van der Waals surface area contributed by atoms with E-state index in [1.165, 1.54) is 0 Å². The molecule has 0 radical (unpaired) electrons. The van der Waals surface area contributed by atoms with Gasteiger partial charge in [0.1, 0.15) is 18.1 Å². The summed E-state index contributed by atoms with van der Waals surface area (Å²) in [6.07, 6.45) is 4.87. The van der Waals surface area contributed by atoms with Crippen LogP contribution in [0.2, 0.25) is 0 Å². The van der Waals surface area contributed by atoms with E-state index in [0.29, 0.717) is 18.6 Å². The number of nitrogens with zero attached hydrogens (tertiary/aromatic N) is 3. The van der Waals surface area contributed by atoms with E-state index in [4.69, 9.17) is 14.9 Å². The number of rotatable bonds is 6. The number of aliphatic hydroxyl groups excluding tert-OH is 1. The Kier molecular flexibility index (Phi) is 5.10. The number of benzene rings is 1. The van der Waals surface area contributed by atoms with Crippen molar-refractivity contribution < 1.29 is 19.7 Å². The van der Waals surface area contributed by atoms with Crippen molar-refractivity contribution in [2.24, 2.45) is 5.92 Å². The highest BCUT2D eigenvalue weighted by Gasteiger charge is 2.27. The van der Waals surface area contributed by atoms with Gasteiger partial charge >= 0.3 is 5.97 Å². The molecule has 128 valence electrons. The van der Waals surface area contributed by atoms with Crippen molar-refractivity contribution in [2.45, 2.75) is 31.7 Å². The lowest BCUT2D eigenvalue weighted by atomic mass is 9.86. The van der Waals surface area contributed by atoms with Gasteiger partial charge < -0.3 is 14.9 Å². The van der Waals surface area contributed by atoms with Gasteiger partial charge in [0.05, 0.1) is 24.8 Å².